The second-order valence-corrected chi connectivity index (χ2v) is 5.65. The van der Waals surface area contributed by atoms with E-state index in [2.05, 4.69) is 20.4 Å². The van der Waals surface area contributed by atoms with E-state index in [-0.39, 0.29) is 25.6 Å². The highest BCUT2D eigenvalue weighted by atomic mass is 19.4. The molecule has 1 aliphatic rings. The number of ether oxygens (including phenoxy) is 1. The Morgan fingerprint density at radius 3 is 2.67 bits per heavy atom. The Hall–Kier alpha value is -2.17. The molecule has 1 fully saturated rings. The zero-order valence-electron chi connectivity index (χ0n) is 13.2. The number of urea groups is 1. The molecule has 1 atom stereocenters. The molecule has 0 aromatic carbocycles. The van der Waals surface area contributed by atoms with E-state index < -0.39 is 30.8 Å². The Morgan fingerprint density at radius 1 is 1.38 bits per heavy atom. The minimum absolute atomic E-state index is 0.113. The van der Waals surface area contributed by atoms with Crippen LogP contribution in [0.5, 0.6) is 0 Å². The lowest BCUT2D eigenvalue weighted by Gasteiger charge is -2.13. The lowest BCUT2D eigenvalue weighted by atomic mass is 10.1. The van der Waals surface area contributed by atoms with Gasteiger partial charge < -0.3 is 10.1 Å². The Balaban J connectivity index is 1.86. The fourth-order valence-electron chi connectivity index (χ4n) is 2.14. The summed E-state index contributed by atoms with van der Waals surface area (Å²) >= 11 is 0. The van der Waals surface area contributed by atoms with Crippen molar-refractivity contribution in [3.05, 3.63) is 11.9 Å². The number of imide groups is 1. The number of rotatable bonds is 7. The lowest BCUT2D eigenvalue weighted by Crippen LogP contribution is -2.35. The van der Waals surface area contributed by atoms with E-state index in [0.717, 1.165) is 4.90 Å². The minimum Gasteiger partial charge on any atom is -0.370 e. The number of amides is 3. The SMILES string of the molecule is CC(C)n1cc(CC2NC(=O)N(CCOCC(F)(F)F)C2=O)nn1. The van der Waals surface area contributed by atoms with E-state index in [9.17, 15) is 22.8 Å². The van der Waals surface area contributed by atoms with E-state index in [1.54, 1.807) is 10.9 Å². The molecule has 0 bridgehead atoms. The highest BCUT2D eigenvalue weighted by Crippen LogP contribution is 2.15. The number of nitrogens with zero attached hydrogens (tertiary/aromatic N) is 4. The number of halogens is 3. The molecule has 2 heterocycles. The Labute approximate surface area is 135 Å². The van der Waals surface area contributed by atoms with Gasteiger partial charge in [0.1, 0.15) is 12.6 Å². The third-order valence-corrected chi connectivity index (χ3v) is 3.33. The Kier molecular flexibility index (Phi) is 5.42. The summed E-state index contributed by atoms with van der Waals surface area (Å²) in [6, 6.07) is -1.35. The normalized spacial score (nSPS) is 18.6. The number of carbonyl (C=O) groups is 2. The quantitative estimate of drug-likeness (QED) is 0.584. The molecule has 8 nitrogen and oxygen atoms in total. The molecule has 2 rings (SSSR count). The average molecular weight is 349 g/mol. The number of hydrogen-bond acceptors (Lipinski definition) is 5. The first-order chi connectivity index (χ1) is 11.2. The van der Waals surface area contributed by atoms with Crippen molar-refractivity contribution >= 4 is 11.9 Å². The minimum atomic E-state index is -4.44. The molecule has 0 saturated carbocycles. The molecule has 1 N–H and O–H groups in total. The van der Waals surface area contributed by atoms with E-state index in [4.69, 9.17) is 0 Å². The summed E-state index contributed by atoms with van der Waals surface area (Å²) in [6.07, 6.45) is -2.60. The molecule has 134 valence electrons. The van der Waals surface area contributed by atoms with Crippen molar-refractivity contribution < 1.29 is 27.5 Å². The summed E-state index contributed by atoms with van der Waals surface area (Å²) in [5.74, 6) is -0.519. The molecule has 0 aliphatic carbocycles. The Bertz CT molecular complexity index is 602. The third kappa shape index (κ3) is 4.66. The van der Waals surface area contributed by atoms with Crippen molar-refractivity contribution in [3.8, 4) is 0 Å². The average Bonchev–Trinajstić information content (AvgIpc) is 3.02. The van der Waals surface area contributed by atoms with Crippen LogP contribution in [-0.2, 0) is 16.0 Å². The first-order valence-corrected chi connectivity index (χ1v) is 7.34. The van der Waals surface area contributed by atoms with Crippen LogP contribution in [0.3, 0.4) is 0 Å². The fourth-order valence-corrected chi connectivity index (χ4v) is 2.14. The van der Waals surface area contributed by atoms with Crippen LogP contribution in [0.4, 0.5) is 18.0 Å². The second-order valence-electron chi connectivity index (χ2n) is 5.65. The summed E-state index contributed by atoms with van der Waals surface area (Å²) in [5, 5.41) is 10.3. The summed E-state index contributed by atoms with van der Waals surface area (Å²) in [4.78, 5) is 24.8. The predicted octanol–water partition coefficient (Wildman–Crippen LogP) is 0.901. The van der Waals surface area contributed by atoms with Crippen molar-refractivity contribution in [2.45, 2.75) is 38.5 Å². The van der Waals surface area contributed by atoms with E-state index in [0.29, 0.717) is 5.69 Å². The van der Waals surface area contributed by atoms with Crippen LogP contribution in [0.25, 0.3) is 0 Å². The molecule has 1 aromatic heterocycles. The maximum Gasteiger partial charge on any atom is 0.411 e. The smallest absolute Gasteiger partial charge is 0.370 e. The maximum atomic E-state index is 12.2. The van der Waals surface area contributed by atoms with Crippen LogP contribution >= 0.6 is 0 Å². The molecular formula is C13H18F3N5O3. The van der Waals surface area contributed by atoms with E-state index in [1.165, 1.54) is 0 Å². The highest BCUT2D eigenvalue weighted by molar-refractivity contribution is 6.04. The van der Waals surface area contributed by atoms with Gasteiger partial charge in [-0.3, -0.25) is 9.69 Å². The lowest BCUT2D eigenvalue weighted by molar-refractivity contribution is -0.174. The molecule has 3 amide bonds. The van der Waals surface area contributed by atoms with Crippen LogP contribution < -0.4 is 5.32 Å². The summed E-state index contributed by atoms with van der Waals surface area (Å²) < 4.78 is 42.0. The zero-order valence-corrected chi connectivity index (χ0v) is 13.2. The topological polar surface area (TPSA) is 89.4 Å². The maximum absolute atomic E-state index is 12.2. The highest BCUT2D eigenvalue weighted by Gasteiger charge is 2.38. The van der Waals surface area contributed by atoms with Crippen LogP contribution in [0.2, 0.25) is 0 Å². The molecule has 0 radical (unpaired) electrons. The third-order valence-electron chi connectivity index (χ3n) is 3.33. The number of alkyl halides is 3. The molecule has 1 saturated heterocycles. The van der Waals surface area contributed by atoms with Crippen molar-refractivity contribution in [3.63, 3.8) is 0 Å². The molecule has 1 unspecified atom stereocenters. The summed E-state index contributed by atoms with van der Waals surface area (Å²) in [7, 11) is 0. The Morgan fingerprint density at radius 2 is 2.08 bits per heavy atom. The number of aromatic nitrogens is 3. The van der Waals surface area contributed by atoms with Gasteiger partial charge in [-0.15, -0.1) is 5.10 Å². The van der Waals surface area contributed by atoms with Crippen LogP contribution in [0.1, 0.15) is 25.6 Å². The van der Waals surface area contributed by atoms with Gasteiger partial charge in [0, 0.05) is 18.7 Å². The van der Waals surface area contributed by atoms with Gasteiger partial charge in [0.15, 0.2) is 0 Å². The van der Waals surface area contributed by atoms with Gasteiger partial charge in [-0.25, -0.2) is 9.48 Å². The van der Waals surface area contributed by atoms with Crippen LogP contribution in [-0.4, -0.2) is 63.8 Å². The van der Waals surface area contributed by atoms with E-state index >= 15 is 0 Å². The summed E-state index contributed by atoms with van der Waals surface area (Å²) in [5.41, 5.74) is 0.539. The number of carbonyl (C=O) groups excluding carboxylic acids is 2. The van der Waals surface area contributed by atoms with Gasteiger partial charge in [0.05, 0.1) is 18.8 Å². The standard InChI is InChI=1S/C13H18F3N5O3/c1-8(2)21-6-9(18-19-21)5-10-11(22)20(12(23)17-10)3-4-24-7-13(14,15)16/h6,8,10H,3-5,7H2,1-2H3,(H,17,23). The van der Waals surface area contributed by atoms with Gasteiger partial charge in [-0.1, -0.05) is 5.21 Å². The zero-order chi connectivity index (χ0) is 17.9. The van der Waals surface area contributed by atoms with Gasteiger partial charge >= 0.3 is 12.2 Å². The van der Waals surface area contributed by atoms with Gasteiger partial charge in [-0.05, 0) is 13.8 Å². The monoisotopic (exact) mass is 349 g/mol. The first kappa shape index (κ1) is 18.2. The molecule has 1 aromatic rings. The first-order valence-electron chi connectivity index (χ1n) is 7.34. The van der Waals surface area contributed by atoms with Gasteiger partial charge in [0.25, 0.3) is 5.91 Å². The van der Waals surface area contributed by atoms with Crippen molar-refractivity contribution in [1.82, 2.24) is 25.2 Å². The molecule has 24 heavy (non-hydrogen) atoms. The predicted molar refractivity (Wildman–Crippen MR) is 75.0 cm³/mol. The van der Waals surface area contributed by atoms with Crippen molar-refractivity contribution in [1.29, 1.82) is 0 Å². The fraction of sp³-hybridized carbons (Fsp3) is 0.692. The molecule has 1 aliphatic heterocycles. The van der Waals surface area contributed by atoms with Crippen molar-refractivity contribution in [2.24, 2.45) is 0 Å². The van der Waals surface area contributed by atoms with Crippen LogP contribution in [0.15, 0.2) is 6.20 Å². The van der Waals surface area contributed by atoms with Crippen LogP contribution in [0, 0.1) is 0 Å². The molecule has 11 heteroatoms. The second kappa shape index (κ2) is 7.16. The number of nitrogens with one attached hydrogen (secondary N) is 1. The van der Waals surface area contributed by atoms with Gasteiger partial charge in [0.2, 0.25) is 0 Å². The molecular weight excluding hydrogens is 331 g/mol. The van der Waals surface area contributed by atoms with Gasteiger partial charge in [-0.2, -0.15) is 13.2 Å². The summed E-state index contributed by atoms with van der Waals surface area (Å²) in [6.45, 7) is 1.80. The van der Waals surface area contributed by atoms with E-state index in [1.807, 2.05) is 13.8 Å². The van der Waals surface area contributed by atoms with Crippen molar-refractivity contribution in [2.75, 3.05) is 19.8 Å². The largest absolute Gasteiger partial charge is 0.411 e. The number of hydrogen-bond donors (Lipinski definition) is 1. The molecule has 0 spiro atoms.